The highest BCUT2D eigenvalue weighted by Gasteiger charge is 2.18. The van der Waals surface area contributed by atoms with Gasteiger partial charge in [-0.05, 0) is 42.0 Å². The Morgan fingerprint density at radius 1 is 0.400 bits per heavy atom. The molecule has 0 spiro atoms. The van der Waals surface area contributed by atoms with Crippen molar-refractivity contribution in [2.24, 2.45) is 0 Å². The smallest absolute Gasteiger partial charge is 0.160 e. The number of benzene rings is 7. The Hall–Kier alpha value is -6.36. The average molecular weight is 656 g/mol. The molecule has 0 atom stereocenters. The molecule has 234 valence electrons. The molecule has 7 aromatic carbocycles. The lowest BCUT2D eigenvalue weighted by molar-refractivity contribution is 1.17. The lowest BCUT2D eigenvalue weighted by Gasteiger charge is -2.14. The van der Waals surface area contributed by atoms with Gasteiger partial charge >= 0.3 is 0 Å². The van der Waals surface area contributed by atoms with Crippen LogP contribution >= 0.6 is 11.3 Å². The van der Waals surface area contributed by atoms with Crippen molar-refractivity contribution in [2.45, 2.75) is 0 Å². The second-order valence-corrected chi connectivity index (χ2v) is 13.6. The Morgan fingerprint density at radius 2 is 0.980 bits per heavy atom. The zero-order chi connectivity index (χ0) is 33.0. The van der Waals surface area contributed by atoms with E-state index in [-0.39, 0.29) is 0 Å². The van der Waals surface area contributed by atoms with Crippen LogP contribution in [-0.4, -0.2) is 14.5 Å². The predicted molar refractivity (Wildman–Crippen MR) is 211 cm³/mol. The van der Waals surface area contributed by atoms with Crippen molar-refractivity contribution in [1.82, 2.24) is 14.5 Å². The first-order valence-corrected chi connectivity index (χ1v) is 17.7. The molecule has 0 saturated heterocycles. The molecule has 0 aliphatic rings. The van der Waals surface area contributed by atoms with Gasteiger partial charge in [0.2, 0.25) is 0 Å². The van der Waals surface area contributed by atoms with Gasteiger partial charge in [0.05, 0.1) is 22.4 Å². The van der Waals surface area contributed by atoms with Gasteiger partial charge in [0.25, 0.3) is 0 Å². The highest BCUT2D eigenvalue weighted by atomic mass is 32.1. The third kappa shape index (κ3) is 4.65. The highest BCUT2D eigenvalue weighted by Crippen LogP contribution is 2.43. The molecule has 3 aromatic heterocycles. The minimum Gasteiger partial charge on any atom is -0.309 e. The summed E-state index contributed by atoms with van der Waals surface area (Å²) in [4.78, 5) is 10.4. The third-order valence-electron chi connectivity index (χ3n) is 9.66. The maximum atomic E-state index is 5.22. The predicted octanol–water partition coefficient (Wildman–Crippen LogP) is 12.6. The van der Waals surface area contributed by atoms with E-state index in [9.17, 15) is 0 Å². The molecule has 0 saturated carbocycles. The van der Waals surface area contributed by atoms with Crippen molar-refractivity contribution in [1.29, 1.82) is 0 Å². The molecule has 0 radical (unpaired) electrons. The van der Waals surface area contributed by atoms with Crippen LogP contribution in [0.25, 0.3) is 92.7 Å². The molecule has 10 aromatic rings. The summed E-state index contributed by atoms with van der Waals surface area (Å²) in [5, 5.41) is 5.09. The van der Waals surface area contributed by atoms with Gasteiger partial charge in [0, 0.05) is 58.9 Å². The molecular weight excluding hydrogens is 627 g/mol. The fraction of sp³-hybridized carbons (Fsp3) is 0. The van der Waals surface area contributed by atoms with Crippen LogP contribution in [-0.2, 0) is 0 Å². The number of thiophene rings is 1. The molecule has 0 bridgehead atoms. The summed E-state index contributed by atoms with van der Waals surface area (Å²) in [6, 6.07) is 62.4. The number of aromatic nitrogens is 3. The molecule has 3 nitrogen and oxygen atoms in total. The Bertz CT molecular complexity index is 2810. The van der Waals surface area contributed by atoms with Crippen molar-refractivity contribution in [2.75, 3.05) is 0 Å². The molecule has 0 amide bonds. The first-order valence-electron chi connectivity index (χ1n) is 16.8. The van der Waals surface area contributed by atoms with Crippen LogP contribution in [0, 0.1) is 0 Å². The molecule has 0 aliphatic heterocycles. The molecule has 50 heavy (non-hydrogen) atoms. The van der Waals surface area contributed by atoms with E-state index in [1.54, 1.807) is 0 Å². The van der Waals surface area contributed by atoms with Crippen LogP contribution in [0.1, 0.15) is 0 Å². The van der Waals surface area contributed by atoms with Crippen LogP contribution in [0.5, 0.6) is 0 Å². The van der Waals surface area contributed by atoms with Gasteiger partial charge in [0.1, 0.15) is 0 Å². The standard InChI is InChI=1S/C46H29N3S/c1-2-13-31(14-3-1)46-47-40(30-25-27-32(28-26-30)49-42-22-9-6-17-35(42)36-18-7-10-23-43(36)49)29-41(48-46)34-16-5-4-15-33(34)38-20-12-21-39-37-19-8-11-24-44(37)50-45(38)39/h1-29H. The maximum absolute atomic E-state index is 5.22. The fourth-order valence-corrected chi connectivity index (χ4v) is 8.56. The first-order chi connectivity index (χ1) is 24.8. The summed E-state index contributed by atoms with van der Waals surface area (Å²) < 4.78 is 4.94. The van der Waals surface area contributed by atoms with E-state index in [4.69, 9.17) is 9.97 Å². The molecule has 4 heteroatoms. The zero-order valence-corrected chi connectivity index (χ0v) is 27.8. The van der Waals surface area contributed by atoms with E-state index in [2.05, 4.69) is 162 Å². The summed E-state index contributed by atoms with van der Waals surface area (Å²) in [6.45, 7) is 0. The summed E-state index contributed by atoms with van der Waals surface area (Å²) in [5.74, 6) is 0.708. The molecule has 0 N–H and O–H groups in total. The largest absolute Gasteiger partial charge is 0.309 e. The SMILES string of the molecule is c1ccc(-c2nc(-c3ccc(-n4c5ccccc5c5ccccc54)cc3)cc(-c3ccccc3-c3cccc4c3sc3ccccc34)n2)cc1. The molecule has 3 heterocycles. The number of nitrogens with zero attached hydrogens (tertiary/aromatic N) is 3. The number of rotatable bonds is 5. The minimum absolute atomic E-state index is 0.708. The number of hydrogen-bond donors (Lipinski definition) is 0. The van der Waals surface area contributed by atoms with Crippen molar-refractivity contribution >= 4 is 53.3 Å². The Balaban J connectivity index is 1.14. The number of para-hydroxylation sites is 2. The fourth-order valence-electron chi connectivity index (χ4n) is 7.33. The number of hydrogen-bond acceptors (Lipinski definition) is 3. The lowest BCUT2D eigenvalue weighted by atomic mass is 9.95. The monoisotopic (exact) mass is 655 g/mol. The molecule has 0 aliphatic carbocycles. The molecule has 0 unspecified atom stereocenters. The van der Waals surface area contributed by atoms with E-state index >= 15 is 0 Å². The number of fused-ring (bicyclic) bond motifs is 6. The van der Waals surface area contributed by atoms with Gasteiger partial charge in [-0.25, -0.2) is 9.97 Å². The Morgan fingerprint density at radius 3 is 1.74 bits per heavy atom. The van der Waals surface area contributed by atoms with E-state index in [1.165, 1.54) is 47.5 Å². The quantitative estimate of drug-likeness (QED) is 0.185. The normalized spacial score (nSPS) is 11.6. The van der Waals surface area contributed by atoms with Crippen LogP contribution in [0.3, 0.4) is 0 Å². The van der Waals surface area contributed by atoms with Crippen molar-refractivity contribution in [3.63, 3.8) is 0 Å². The van der Waals surface area contributed by atoms with E-state index in [0.717, 1.165) is 39.3 Å². The van der Waals surface area contributed by atoms with Gasteiger partial charge in [-0.3, -0.25) is 0 Å². The first kappa shape index (κ1) is 28.6. The van der Waals surface area contributed by atoms with Gasteiger partial charge < -0.3 is 4.57 Å². The van der Waals surface area contributed by atoms with Gasteiger partial charge in [-0.2, -0.15) is 0 Å². The van der Waals surface area contributed by atoms with Crippen molar-refractivity contribution < 1.29 is 0 Å². The van der Waals surface area contributed by atoms with Crippen molar-refractivity contribution in [3.8, 4) is 50.7 Å². The summed E-state index contributed by atoms with van der Waals surface area (Å²) >= 11 is 1.85. The highest BCUT2D eigenvalue weighted by molar-refractivity contribution is 7.26. The molecule has 0 fully saturated rings. The van der Waals surface area contributed by atoms with Gasteiger partial charge in [-0.15, -0.1) is 11.3 Å². The average Bonchev–Trinajstić information content (AvgIpc) is 3.74. The topological polar surface area (TPSA) is 30.7 Å². The van der Waals surface area contributed by atoms with E-state index < -0.39 is 0 Å². The van der Waals surface area contributed by atoms with Crippen molar-refractivity contribution in [3.05, 3.63) is 176 Å². The maximum Gasteiger partial charge on any atom is 0.160 e. The van der Waals surface area contributed by atoms with Crippen LogP contribution < -0.4 is 0 Å². The molecule has 10 rings (SSSR count). The summed E-state index contributed by atoms with van der Waals surface area (Å²) in [6.07, 6.45) is 0. The lowest BCUT2D eigenvalue weighted by Crippen LogP contribution is -1.98. The molecular formula is C46H29N3S. The zero-order valence-electron chi connectivity index (χ0n) is 27.0. The second kappa shape index (κ2) is 11.7. The van der Waals surface area contributed by atoms with Crippen LogP contribution in [0.2, 0.25) is 0 Å². The summed E-state index contributed by atoms with van der Waals surface area (Å²) in [7, 11) is 0. The Kier molecular flexibility index (Phi) is 6.68. The Labute approximate surface area is 293 Å². The van der Waals surface area contributed by atoms with E-state index in [0.29, 0.717) is 5.82 Å². The second-order valence-electron chi connectivity index (χ2n) is 12.6. The van der Waals surface area contributed by atoms with Gasteiger partial charge in [-0.1, -0.05) is 140 Å². The minimum atomic E-state index is 0.708. The van der Waals surface area contributed by atoms with Gasteiger partial charge in [0.15, 0.2) is 5.82 Å². The third-order valence-corrected chi connectivity index (χ3v) is 10.9. The van der Waals surface area contributed by atoms with Crippen LogP contribution in [0.4, 0.5) is 0 Å². The van der Waals surface area contributed by atoms with Crippen LogP contribution in [0.15, 0.2) is 176 Å². The van der Waals surface area contributed by atoms with E-state index in [1.807, 2.05) is 29.5 Å². The summed E-state index contributed by atoms with van der Waals surface area (Å²) in [5.41, 5.74) is 10.8.